The molecule has 1 amide bonds. The van der Waals surface area contributed by atoms with Crippen LogP contribution in [-0.2, 0) is 14.3 Å². The highest BCUT2D eigenvalue weighted by Crippen LogP contribution is 2.17. The van der Waals surface area contributed by atoms with Crippen molar-refractivity contribution in [2.75, 3.05) is 13.2 Å². The van der Waals surface area contributed by atoms with E-state index < -0.39 is 12.1 Å². The summed E-state index contributed by atoms with van der Waals surface area (Å²) in [5, 5.41) is 23.2. The van der Waals surface area contributed by atoms with Gasteiger partial charge in [0.05, 0.1) is 25.4 Å². The van der Waals surface area contributed by atoms with Gasteiger partial charge in [-0.25, -0.2) is 0 Å². The molecule has 0 saturated heterocycles. The lowest BCUT2D eigenvalue weighted by atomic mass is 10.0. The summed E-state index contributed by atoms with van der Waals surface area (Å²) in [4.78, 5) is 24.5. The Bertz CT molecular complexity index is 1040. The molecule has 0 rings (SSSR count). The SMILES string of the molecule is CCCCCCCCCCCCCCCCCCCCCC/C=C/C(O)C(CO)NC(=O)CCCCCCCCC/C=C\CCCCCCOC(=O)CCCCCCCCCCCCCCC. The van der Waals surface area contributed by atoms with E-state index in [0.717, 1.165) is 70.6 Å². The number of allylic oxidation sites excluding steroid dienone is 3. The van der Waals surface area contributed by atoms with Gasteiger partial charge in [0, 0.05) is 12.8 Å². The average Bonchev–Trinajstić information content (AvgIpc) is 3.33. The van der Waals surface area contributed by atoms with Crippen LogP contribution in [0.15, 0.2) is 24.3 Å². The summed E-state index contributed by atoms with van der Waals surface area (Å²) in [6.45, 7) is 4.89. The van der Waals surface area contributed by atoms with Crippen molar-refractivity contribution in [2.45, 2.75) is 341 Å². The molecule has 0 aliphatic heterocycles. The molecule has 0 fully saturated rings. The molecular weight excluding hydrogens is 827 g/mol. The number of unbranched alkanes of at least 4 members (excludes halogenated alkanes) is 43. The monoisotopic (exact) mass is 944 g/mol. The van der Waals surface area contributed by atoms with Gasteiger partial charge in [-0.2, -0.15) is 0 Å². The van der Waals surface area contributed by atoms with Crippen LogP contribution >= 0.6 is 0 Å². The van der Waals surface area contributed by atoms with Crippen LogP contribution in [0.25, 0.3) is 0 Å². The van der Waals surface area contributed by atoms with Crippen molar-refractivity contribution in [3.63, 3.8) is 0 Å². The Balaban J connectivity index is 3.50. The van der Waals surface area contributed by atoms with Crippen molar-refractivity contribution < 1.29 is 24.5 Å². The number of rotatable bonds is 56. The van der Waals surface area contributed by atoms with Crippen molar-refractivity contribution in [1.29, 1.82) is 0 Å². The first-order valence-corrected chi connectivity index (χ1v) is 30.1. The number of nitrogens with one attached hydrogen (secondary N) is 1. The minimum atomic E-state index is -0.855. The molecule has 2 atom stereocenters. The highest BCUT2D eigenvalue weighted by molar-refractivity contribution is 5.76. The molecule has 0 aliphatic rings. The Hall–Kier alpha value is -1.66. The molecule has 6 heteroatoms. The van der Waals surface area contributed by atoms with E-state index in [1.807, 2.05) is 6.08 Å². The van der Waals surface area contributed by atoms with Crippen LogP contribution < -0.4 is 5.32 Å². The average molecular weight is 945 g/mol. The normalized spacial score (nSPS) is 12.7. The second-order valence-electron chi connectivity index (χ2n) is 20.7. The maximum Gasteiger partial charge on any atom is 0.305 e. The first-order chi connectivity index (χ1) is 33.0. The lowest BCUT2D eigenvalue weighted by Crippen LogP contribution is -2.45. The van der Waals surface area contributed by atoms with E-state index in [-0.39, 0.29) is 18.5 Å². The number of aliphatic hydroxyl groups is 2. The Morgan fingerprint density at radius 2 is 0.701 bits per heavy atom. The third-order valence-corrected chi connectivity index (χ3v) is 14.0. The van der Waals surface area contributed by atoms with Gasteiger partial charge in [-0.1, -0.05) is 282 Å². The van der Waals surface area contributed by atoms with Crippen LogP contribution in [0.2, 0.25) is 0 Å². The largest absolute Gasteiger partial charge is 0.466 e. The maximum absolute atomic E-state index is 12.5. The zero-order chi connectivity index (χ0) is 48.6. The van der Waals surface area contributed by atoms with Gasteiger partial charge in [0.25, 0.3) is 0 Å². The third kappa shape index (κ3) is 53.5. The fraction of sp³-hybridized carbons (Fsp3) is 0.902. The lowest BCUT2D eigenvalue weighted by Gasteiger charge is -2.20. The van der Waals surface area contributed by atoms with Crippen molar-refractivity contribution in [3.8, 4) is 0 Å². The molecule has 0 aromatic heterocycles. The molecule has 0 bridgehead atoms. The molecule has 6 nitrogen and oxygen atoms in total. The van der Waals surface area contributed by atoms with Gasteiger partial charge >= 0.3 is 5.97 Å². The Morgan fingerprint density at radius 1 is 0.403 bits per heavy atom. The molecule has 0 radical (unpaired) electrons. The summed E-state index contributed by atoms with van der Waals surface area (Å²) in [5.74, 6) is -0.0893. The van der Waals surface area contributed by atoms with Crippen molar-refractivity contribution in [2.24, 2.45) is 0 Å². The Kier molecular flexibility index (Phi) is 55.5. The zero-order valence-corrected chi connectivity index (χ0v) is 45.1. The number of amides is 1. The van der Waals surface area contributed by atoms with Crippen LogP contribution in [0.3, 0.4) is 0 Å². The van der Waals surface area contributed by atoms with Gasteiger partial charge in [-0.15, -0.1) is 0 Å². The minimum Gasteiger partial charge on any atom is -0.466 e. The van der Waals surface area contributed by atoms with E-state index in [0.29, 0.717) is 19.4 Å². The van der Waals surface area contributed by atoms with Crippen LogP contribution in [0.1, 0.15) is 328 Å². The van der Waals surface area contributed by atoms with Gasteiger partial charge in [-0.05, 0) is 57.8 Å². The molecule has 0 heterocycles. The van der Waals surface area contributed by atoms with Crippen LogP contribution in [-0.4, -0.2) is 47.4 Å². The number of hydrogen-bond donors (Lipinski definition) is 3. The summed E-state index contributed by atoms with van der Waals surface area (Å²) in [6, 6.07) is -0.640. The standard InChI is InChI=1S/C61H117NO5/c1-3-5-7-9-11-13-15-17-18-19-20-21-22-23-24-26-30-33-37-41-45-49-53-59(64)58(57-63)62-60(65)54-50-46-42-38-34-31-27-25-28-32-36-40-44-48-52-56-67-61(66)55-51-47-43-39-35-29-16-14-12-10-8-6-4-2/h28,32,49,53,58-59,63-64H,3-27,29-31,33-48,50-52,54-57H2,1-2H3,(H,62,65)/b32-28-,53-49+. The molecular formula is C61H117NO5. The molecule has 0 aromatic rings. The van der Waals surface area contributed by atoms with Crippen molar-refractivity contribution >= 4 is 11.9 Å². The van der Waals surface area contributed by atoms with E-state index >= 15 is 0 Å². The van der Waals surface area contributed by atoms with Gasteiger partial charge < -0.3 is 20.3 Å². The second kappa shape index (κ2) is 56.9. The molecule has 396 valence electrons. The smallest absolute Gasteiger partial charge is 0.305 e. The van der Waals surface area contributed by atoms with Gasteiger partial charge in [0.1, 0.15) is 0 Å². The van der Waals surface area contributed by atoms with Crippen LogP contribution in [0, 0.1) is 0 Å². The van der Waals surface area contributed by atoms with E-state index in [1.165, 1.54) is 231 Å². The van der Waals surface area contributed by atoms with Crippen LogP contribution in [0.5, 0.6) is 0 Å². The lowest BCUT2D eigenvalue weighted by molar-refractivity contribution is -0.143. The molecule has 2 unspecified atom stereocenters. The van der Waals surface area contributed by atoms with Gasteiger partial charge in [0.2, 0.25) is 5.91 Å². The quantitative estimate of drug-likeness (QED) is 0.0321. The predicted octanol–water partition coefficient (Wildman–Crippen LogP) is 18.6. The Labute approximate surface area is 418 Å². The van der Waals surface area contributed by atoms with E-state index in [1.54, 1.807) is 6.08 Å². The fourth-order valence-corrected chi connectivity index (χ4v) is 9.34. The van der Waals surface area contributed by atoms with E-state index in [4.69, 9.17) is 4.74 Å². The highest BCUT2D eigenvalue weighted by atomic mass is 16.5. The van der Waals surface area contributed by atoms with Gasteiger partial charge in [-0.3, -0.25) is 9.59 Å². The summed E-state index contributed by atoms with van der Waals surface area (Å²) in [5.41, 5.74) is 0. The first-order valence-electron chi connectivity index (χ1n) is 30.1. The number of aliphatic hydroxyl groups excluding tert-OH is 2. The Morgan fingerprint density at radius 3 is 1.06 bits per heavy atom. The zero-order valence-electron chi connectivity index (χ0n) is 45.1. The molecule has 0 aliphatic carbocycles. The molecule has 0 saturated carbocycles. The van der Waals surface area contributed by atoms with Crippen molar-refractivity contribution in [3.05, 3.63) is 24.3 Å². The summed E-state index contributed by atoms with van der Waals surface area (Å²) >= 11 is 0. The van der Waals surface area contributed by atoms with Gasteiger partial charge in [0.15, 0.2) is 0 Å². The first kappa shape index (κ1) is 65.3. The molecule has 0 spiro atoms. The summed E-state index contributed by atoms with van der Waals surface area (Å²) in [6.07, 6.45) is 69.2. The number of carbonyl (C=O) groups is 2. The summed E-state index contributed by atoms with van der Waals surface area (Å²) < 4.78 is 5.46. The van der Waals surface area contributed by atoms with Crippen LogP contribution in [0.4, 0.5) is 0 Å². The topological polar surface area (TPSA) is 95.9 Å². The molecule has 3 N–H and O–H groups in total. The minimum absolute atomic E-state index is 0.00917. The van der Waals surface area contributed by atoms with Crippen molar-refractivity contribution in [1.82, 2.24) is 5.32 Å². The summed E-state index contributed by atoms with van der Waals surface area (Å²) in [7, 11) is 0. The number of hydrogen-bond acceptors (Lipinski definition) is 5. The van der Waals surface area contributed by atoms with E-state index in [2.05, 4.69) is 31.3 Å². The number of ether oxygens (including phenoxy) is 1. The third-order valence-electron chi connectivity index (χ3n) is 14.0. The fourth-order valence-electron chi connectivity index (χ4n) is 9.34. The predicted molar refractivity (Wildman–Crippen MR) is 292 cm³/mol. The molecule has 67 heavy (non-hydrogen) atoms. The molecule has 0 aromatic carbocycles. The number of carbonyl (C=O) groups excluding carboxylic acids is 2. The second-order valence-corrected chi connectivity index (χ2v) is 20.7. The van der Waals surface area contributed by atoms with E-state index in [9.17, 15) is 19.8 Å². The number of esters is 1. The maximum atomic E-state index is 12.5. The highest BCUT2D eigenvalue weighted by Gasteiger charge is 2.18.